The molecular formula is C18H15ClF3N5O3S. The molecule has 164 valence electrons. The number of halogens is 4. The van der Waals surface area contributed by atoms with Crippen LogP contribution in [0.3, 0.4) is 0 Å². The number of hydrogen-bond acceptors (Lipinski definition) is 8. The summed E-state index contributed by atoms with van der Waals surface area (Å²) in [6.07, 6.45) is -2.39. The van der Waals surface area contributed by atoms with Gasteiger partial charge in [0.05, 0.1) is 21.4 Å². The third-order valence-corrected chi connectivity index (χ3v) is 5.79. The van der Waals surface area contributed by atoms with Crippen LogP contribution in [-0.2, 0) is 9.84 Å². The number of aromatic nitrogens is 3. The summed E-state index contributed by atoms with van der Waals surface area (Å²) in [6.45, 7) is 1.43. The molecule has 0 aliphatic heterocycles. The number of sulfone groups is 1. The summed E-state index contributed by atoms with van der Waals surface area (Å²) in [5.74, 6) is -0.0459. The molecule has 0 spiro atoms. The summed E-state index contributed by atoms with van der Waals surface area (Å²) >= 11 is 5.79. The summed E-state index contributed by atoms with van der Waals surface area (Å²) in [4.78, 5) is 11.9. The highest BCUT2D eigenvalue weighted by Crippen LogP contribution is 2.34. The van der Waals surface area contributed by atoms with Gasteiger partial charge in [0.2, 0.25) is 0 Å². The fourth-order valence-electron chi connectivity index (χ4n) is 2.39. The monoisotopic (exact) mass is 473 g/mol. The average Bonchev–Trinajstić information content (AvgIpc) is 2.70. The van der Waals surface area contributed by atoms with E-state index in [1.54, 1.807) is 12.1 Å². The van der Waals surface area contributed by atoms with E-state index in [1.165, 1.54) is 19.2 Å². The highest BCUT2D eigenvalue weighted by molar-refractivity contribution is 7.91. The lowest BCUT2D eigenvalue weighted by atomic mass is 10.3. The highest BCUT2D eigenvalue weighted by atomic mass is 35.5. The first kappa shape index (κ1) is 22.6. The number of pyridine rings is 1. The van der Waals surface area contributed by atoms with Gasteiger partial charge in [-0.3, -0.25) is 0 Å². The van der Waals surface area contributed by atoms with E-state index in [1.807, 2.05) is 0 Å². The molecule has 0 aliphatic carbocycles. The van der Waals surface area contributed by atoms with Crippen LogP contribution in [0.5, 0.6) is 5.75 Å². The topological polar surface area (TPSA) is 106 Å². The smallest absolute Gasteiger partial charge is 0.404 e. The SMILES string of the molecule is CCS(=O)(=O)c1ccc(OC(F)(F)F)c(Nc2cc(Nc3ccc(Cl)cn3)ncn2)c1. The summed E-state index contributed by atoms with van der Waals surface area (Å²) in [5, 5.41) is 5.97. The lowest BCUT2D eigenvalue weighted by Gasteiger charge is -2.16. The molecule has 8 nitrogen and oxygen atoms in total. The van der Waals surface area contributed by atoms with Crippen LogP contribution in [0.25, 0.3) is 0 Å². The third kappa shape index (κ3) is 6.18. The molecular weight excluding hydrogens is 459 g/mol. The van der Waals surface area contributed by atoms with Gasteiger partial charge in [-0.05, 0) is 30.3 Å². The Balaban J connectivity index is 1.92. The number of rotatable bonds is 7. The summed E-state index contributed by atoms with van der Waals surface area (Å²) in [5.41, 5.74) is -0.235. The highest BCUT2D eigenvalue weighted by Gasteiger charge is 2.32. The Morgan fingerprint density at radius 2 is 1.71 bits per heavy atom. The molecule has 0 atom stereocenters. The van der Waals surface area contributed by atoms with Crippen molar-refractivity contribution < 1.29 is 26.3 Å². The second-order valence-corrected chi connectivity index (χ2v) is 8.72. The van der Waals surface area contributed by atoms with Crippen LogP contribution in [0, 0.1) is 0 Å². The molecule has 3 aromatic rings. The van der Waals surface area contributed by atoms with Crippen LogP contribution in [0.2, 0.25) is 5.02 Å². The third-order valence-electron chi connectivity index (χ3n) is 3.83. The summed E-state index contributed by atoms with van der Waals surface area (Å²) < 4.78 is 66.6. The Kier molecular flexibility index (Phi) is 6.51. The molecule has 0 unspecified atom stereocenters. The maximum absolute atomic E-state index is 12.8. The van der Waals surface area contributed by atoms with Gasteiger partial charge in [0.25, 0.3) is 0 Å². The van der Waals surface area contributed by atoms with Crippen molar-refractivity contribution >= 4 is 44.6 Å². The lowest BCUT2D eigenvalue weighted by Crippen LogP contribution is -2.18. The average molecular weight is 474 g/mol. The van der Waals surface area contributed by atoms with E-state index in [2.05, 4.69) is 30.3 Å². The number of ether oxygens (including phenoxy) is 1. The van der Waals surface area contributed by atoms with E-state index in [4.69, 9.17) is 11.6 Å². The number of benzene rings is 1. The first-order valence-corrected chi connectivity index (χ1v) is 10.7. The minimum Gasteiger partial charge on any atom is -0.404 e. The van der Waals surface area contributed by atoms with Gasteiger partial charge in [0, 0.05) is 12.3 Å². The van der Waals surface area contributed by atoms with Crippen molar-refractivity contribution in [2.45, 2.75) is 18.2 Å². The Morgan fingerprint density at radius 3 is 2.32 bits per heavy atom. The maximum Gasteiger partial charge on any atom is 0.573 e. The van der Waals surface area contributed by atoms with Gasteiger partial charge in [-0.2, -0.15) is 0 Å². The van der Waals surface area contributed by atoms with Crippen LogP contribution in [0.4, 0.5) is 36.3 Å². The van der Waals surface area contributed by atoms with Crippen molar-refractivity contribution in [1.82, 2.24) is 15.0 Å². The van der Waals surface area contributed by atoms with E-state index in [0.717, 1.165) is 24.5 Å². The fraction of sp³-hybridized carbons (Fsp3) is 0.167. The Hall–Kier alpha value is -3.12. The molecule has 2 heterocycles. The molecule has 0 fully saturated rings. The minimum absolute atomic E-state index is 0.0875. The maximum atomic E-state index is 12.8. The number of anilines is 4. The fourth-order valence-corrected chi connectivity index (χ4v) is 3.41. The predicted molar refractivity (Wildman–Crippen MR) is 109 cm³/mol. The molecule has 0 bridgehead atoms. The van der Waals surface area contributed by atoms with E-state index >= 15 is 0 Å². The van der Waals surface area contributed by atoms with Gasteiger partial charge in [-0.25, -0.2) is 23.4 Å². The van der Waals surface area contributed by atoms with Crippen molar-refractivity contribution in [1.29, 1.82) is 0 Å². The van der Waals surface area contributed by atoms with Crippen molar-refractivity contribution in [2.75, 3.05) is 16.4 Å². The molecule has 13 heteroatoms. The van der Waals surface area contributed by atoms with E-state index in [-0.39, 0.29) is 28.0 Å². The predicted octanol–water partition coefficient (Wildman–Crippen LogP) is 4.70. The van der Waals surface area contributed by atoms with Crippen molar-refractivity contribution in [3.05, 3.63) is 53.9 Å². The van der Waals surface area contributed by atoms with Crippen LogP contribution in [0.15, 0.2) is 53.8 Å². The normalized spacial score (nSPS) is 11.8. The second kappa shape index (κ2) is 8.94. The Bertz CT molecular complexity index is 1170. The van der Waals surface area contributed by atoms with Gasteiger partial charge in [0.15, 0.2) is 15.6 Å². The van der Waals surface area contributed by atoms with Crippen molar-refractivity contribution in [2.24, 2.45) is 0 Å². The van der Waals surface area contributed by atoms with Crippen LogP contribution >= 0.6 is 11.6 Å². The van der Waals surface area contributed by atoms with Crippen molar-refractivity contribution in [3.8, 4) is 5.75 Å². The summed E-state index contributed by atoms with van der Waals surface area (Å²) in [6, 6.07) is 7.63. The molecule has 0 radical (unpaired) electrons. The molecule has 0 saturated carbocycles. The first-order valence-electron chi connectivity index (χ1n) is 8.66. The van der Waals surface area contributed by atoms with Crippen molar-refractivity contribution in [3.63, 3.8) is 0 Å². The zero-order valence-electron chi connectivity index (χ0n) is 15.8. The van der Waals surface area contributed by atoms with Gasteiger partial charge < -0.3 is 15.4 Å². The van der Waals surface area contributed by atoms with E-state index in [9.17, 15) is 21.6 Å². The molecule has 0 saturated heterocycles. The first-order chi connectivity index (χ1) is 14.6. The molecule has 2 aromatic heterocycles. The van der Waals surface area contributed by atoms with Gasteiger partial charge in [-0.15, -0.1) is 13.2 Å². The number of nitrogens with zero attached hydrogens (tertiary/aromatic N) is 3. The molecule has 2 N–H and O–H groups in total. The van der Waals surface area contributed by atoms with E-state index < -0.39 is 21.9 Å². The van der Waals surface area contributed by atoms with Crippen LogP contribution < -0.4 is 15.4 Å². The largest absolute Gasteiger partial charge is 0.573 e. The molecule has 0 aliphatic rings. The molecule has 0 amide bonds. The number of nitrogens with one attached hydrogen (secondary N) is 2. The zero-order chi connectivity index (χ0) is 22.6. The van der Waals surface area contributed by atoms with Crippen LogP contribution in [-0.4, -0.2) is 35.5 Å². The Morgan fingerprint density at radius 1 is 1.00 bits per heavy atom. The van der Waals surface area contributed by atoms with E-state index in [0.29, 0.717) is 10.8 Å². The lowest BCUT2D eigenvalue weighted by molar-refractivity contribution is -0.274. The second-order valence-electron chi connectivity index (χ2n) is 6.01. The molecule has 31 heavy (non-hydrogen) atoms. The zero-order valence-corrected chi connectivity index (χ0v) is 17.4. The Labute approximate surface area is 180 Å². The molecule has 1 aromatic carbocycles. The van der Waals surface area contributed by atoms with Crippen LogP contribution in [0.1, 0.15) is 6.92 Å². The number of hydrogen-bond donors (Lipinski definition) is 2. The molecule has 3 rings (SSSR count). The van der Waals surface area contributed by atoms with Gasteiger partial charge >= 0.3 is 6.36 Å². The summed E-state index contributed by atoms with van der Waals surface area (Å²) in [7, 11) is -3.67. The quantitative estimate of drug-likeness (QED) is 0.508. The standard InChI is InChI=1S/C18H15ClF3N5O3S/c1-2-31(28,29)12-4-5-14(30-18(20,21)22)13(7-12)26-16-8-17(25-10-24-16)27-15-6-3-11(19)9-23-15/h3-10H,2H2,1H3,(H2,23,24,25,26,27). The van der Waals surface area contributed by atoms with Gasteiger partial charge in [-0.1, -0.05) is 18.5 Å². The minimum atomic E-state index is -4.97. The number of alkyl halides is 3. The van der Waals surface area contributed by atoms with Gasteiger partial charge in [0.1, 0.15) is 23.8 Å².